The van der Waals surface area contributed by atoms with Crippen LogP contribution in [0.3, 0.4) is 0 Å². The number of halogens is 3. The maximum absolute atomic E-state index is 14.1. The zero-order chi connectivity index (χ0) is 16.6. The van der Waals surface area contributed by atoms with Gasteiger partial charge in [-0.05, 0) is 19.1 Å². The van der Waals surface area contributed by atoms with Crippen LogP contribution in [-0.2, 0) is 4.74 Å². The number of para-hydroxylation sites is 1. The van der Waals surface area contributed by atoms with Crippen LogP contribution in [0.15, 0.2) is 40.8 Å². The van der Waals surface area contributed by atoms with E-state index in [1.54, 1.807) is 31.2 Å². The Morgan fingerprint density at radius 2 is 1.78 bits per heavy atom. The summed E-state index contributed by atoms with van der Waals surface area (Å²) >= 11 is 0. The van der Waals surface area contributed by atoms with E-state index in [0.29, 0.717) is 23.1 Å². The number of ether oxygens (including phenoxy) is 1. The first-order valence-electron chi connectivity index (χ1n) is 6.86. The molecule has 0 fully saturated rings. The highest BCUT2D eigenvalue weighted by Crippen LogP contribution is 2.36. The van der Waals surface area contributed by atoms with Gasteiger partial charge in [0.1, 0.15) is 17.0 Å². The highest BCUT2D eigenvalue weighted by molar-refractivity contribution is 6.08. The number of rotatable bonds is 3. The van der Waals surface area contributed by atoms with Crippen LogP contribution >= 0.6 is 0 Å². The van der Waals surface area contributed by atoms with Crippen LogP contribution in [0.2, 0.25) is 0 Å². The molecule has 3 nitrogen and oxygen atoms in total. The molecule has 118 valence electrons. The summed E-state index contributed by atoms with van der Waals surface area (Å²) < 4.78 is 51.1. The molecule has 3 rings (SSSR count). The predicted molar refractivity (Wildman–Crippen MR) is 77.5 cm³/mol. The topological polar surface area (TPSA) is 39.4 Å². The van der Waals surface area contributed by atoms with E-state index in [4.69, 9.17) is 9.15 Å². The molecule has 2 aromatic carbocycles. The number of esters is 1. The summed E-state index contributed by atoms with van der Waals surface area (Å²) in [5.41, 5.74) is -0.0507. The van der Waals surface area contributed by atoms with Crippen LogP contribution < -0.4 is 0 Å². The molecule has 0 spiro atoms. The molecule has 1 aromatic heterocycles. The molecule has 0 aliphatic heterocycles. The Morgan fingerprint density at radius 1 is 1.09 bits per heavy atom. The minimum Gasteiger partial charge on any atom is -0.462 e. The minimum absolute atomic E-state index is 0.0210. The summed E-state index contributed by atoms with van der Waals surface area (Å²) in [4.78, 5) is 12.2. The lowest BCUT2D eigenvalue weighted by Gasteiger charge is -2.05. The SMILES string of the molecule is CCOC(=O)c1c(-c2cc(F)c(F)cc2F)oc2ccccc12. The third-order valence-electron chi connectivity index (χ3n) is 3.33. The molecule has 0 bridgehead atoms. The normalized spacial score (nSPS) is 11.0. The molecular weight excluding hydrogens is 309 g/mol. The second-order valence-electron chi connectivity index (χ2n) is 4.77. The zero-order valence-electron chi connectivity index (χ0n) is 12.0. The Labute approximate surface area is 129 Å². The summed E-state index contributed by atoms with van der Waals surface area (Å²) in [6, 6.07) is 7.60. The van der Waals surface area contributed by atoms with Crippen molar-refractivity contribution in [1.29, 1.82) is 0 Å². The van der Waals surface area contributed by atoms with E-state index in [1.807, 2.05) is 0 Å². The Hall–Kier alpha value is -2.76. The Balaban J connectivity index is 2.31. The first-order valence-corrected chi connectivity index (χ1v) is 6.86. The molecule has 23 heavy (non-hydrogen) atoms. The van der Waals surface area contributed by atoms with E-state index in [0.717, 1.165) is 0 Å². The maximum Gasteiger partial charge on any atom is 0.342 e. The molecular formula is C17H11F3O3. The van der Waals surface area contributed by atoms with Crippen molar-refractivity contribution >= 4 is 16.9 Å². The van der Waals surface area contributed by atoms with Crippen LogP contribution in [0.1, 0.15) is 17.3 Å². The van der Waals surface area contributed by atoms with E-state index in [1.165, 1.54) is 0 Å². The lowest BCUT2D eigenvalue weighted by Crippen LogP contribution is -2.06. The molecule has 1 heterocycles. The molecule has 0 saturated carbocycles. The highest BCUT2D eigenvalue weighted by Gasteiger charge is 2.26. The first kappa shape index (κ1) is 15.1. The molecule has 0 atom stereocenters. The van der Waals surface area contributed by atoms with Crippen LogP contribution in [0.25, 0.3) is 22.3 Å². The molecule has 0 radical (unpaired) electrons. The minimum atomic E-state index is -1.32. The number of furan rings is 1. The van der Waals surface area contributed by atoms with Gasteiger partial charge in [-0.1, -0.05) is 18.2 Å². The van der Waals surface area contributed by atoms with Crippen molar-refractivity contribution in [2.45, 2.75) is 6.92 Å². The first-order chi connectivity index (χ1) is 11.0. The van der Waals surface area contributed by atoms with Gasteiger partial charge in [0.2, 0.25) is 0 Å². The molecule has 6 heteroatoms. The largest absolute Gasteiger partial charge is 0.462 e. The molecule has 0 saturated heterocycles. The number of carbonyl (C=O) groups is 1. The molecule has 0 N–H and O–H groups in total. The second-order valence-corrected chi connectivity index (χ2v) is 4.77. The monoisotopic (exact) mass is 320 g/mol. The smallest absolute Gasteiger partial charge is 0.342 e. The van der Waals surface area contributed by atoms with Crippen molar-refractivity contribution in [2.24, 2.45) is 0 Å². The van der Waals surface area contributed by atoms with Gasteiger partial charge < -0.3 is 9.15 Å². The Bertz CT molecular complexity index is 899. The fourth-order valence-corrected chi connectivity index (χ4v) is 2.34. The average Bonchev–Trinajstić information content (AvgIpc) is 2.90. The van der Waals surface area contributed by atoms with Crippen molar-refractivity contribution in [3.8, 4) is 11.3 Å². The standard InChI is InChI=1S/C17H11F3O3/c1-2-22-17(21)15-9-5-3-4-6-14(9)23-16(15)10-7-12(19)13(20)8-11(10)18/h3-8H,2H2,1H3. The third-order valence-corrected chi connectivity index (χ3v) is 3.33. The second kappa shape index (κ2) is 5.79. The van der Waals surface area contributed by atoms with Crippen LogP contribution in [0.4, 0.5) is 13.2 Å². The third kappa shape index (κ3) is 2.56. The van der Waals surface area contributed by atoms with Crippen molar-refractivity contribution in [2.75, 3.05) is 6.61 Å². The number of hydrogen-bond acceptors (Lipinski definition) is 3. The quantitative estimate of drug-likeness (QED) is 0.519. The molecule has 0 amide bonds. The Morgan fingerprint density at radius 3 is 2.52 bits per heavy atom. The summed E-state index contributed by atoms with van der Waals surface area (Å²) in [5, 5.41) is 0.407. The average molecular weight is 320 g/mol. The highest BCUT2D eigenvalue weighted by atomic mass is 19.2. The van der Waals surface area contributed by atoms with Crippen LogP contribution in [0, 0.1) is 17.5 Å². The molecule has 0 unspecified atom stereocenters. The van der Waals surface area contributed by atoms with E-state index >= 15 is 0 Å². The van der Waals surface area contributed by atoms with Gasteiger partial charge in [-0.3, -0.25) is 0 Å². The number of fused-ring (bicyclic) bond motifs is 1. The van der Waals surface area contributed by atoms with Crippen molar-refractivity contribution < 1.29 is 27.1 Å². The van der Waals surface area contributed by atoms with Gasteiger partial charge in [-0.25, -0.2) is 18.0 Å². The number of carbonyl (C=O) groups excluding carboxylic acids is 1. The number of benzene rings is 2. The lowest BCUT2D eigenvalue weighted by molar-refractivity contribution is 0.0528. The molecule has 0 aliphatic rings. The van der Waals surface area contributed by atoms with Crippen LogP contribution in [-0.4, -0.2) is 12.6 Å². The molecule has 0 aliphatic carbocycles. The summed E-state index contributed by atoms with van der Waals surface area (Å²) in [7, 11) is 0. The van der Waals surface area contributed by atoms with Gasteiger partial charge in [0.15, 0.2) is 17.4 Å². The van der Waals surface area contributed by atoms with E-state index in [2.05, 4.69) is 0 Å². The van der Waals surface area contributed by atoms with Crippen molar-refractivity contribution in [1.82, 2.24) is 0 Å². The van der Waals surface area contributed by atoms with Crippen molar-refractivity contribution in [3.05, 3.63) is 59.4 Å². The van der Waals surface area contributed by atoms with Crippen LogP contribution in [0.5, 0.6) is 0 Å². The van der Waals surface area contributed by atoms with E-state index < -0.39 is 23.4 Å². The number of hydrogen-bond donors (Lipinski definition) is 0. The fraction of sp³-hybridized carbons (Fsp3) is 0.118. The zero-order valence-corrected chi connectivity index (χ0v) is 12.0. The summed E-state index contributed by atoms with van der Waals surface area (Å²) in [6.07, 6.45) is 0. The van der Waals surface area contributed by atoms with Gasteiger partial charge in [0.25, 0.3) is 0 Å². The fourth-order valence-electron chi connectivity index (χ4n) is 2.34. The van der Waals surface area contributed by atoms with E-state index in [9.17, 15) is 18.0 Å². The predicted octanol–water partition coefficient (Wildman–Crippen LogP) is 4.69. The van der Waals surface area contributed by atoms with Gasteiger partial charge in [-0.2, -0.15) is 0 Å². The van der Waals surface area contributed by atoms with Gasteiger partial charge in [0, 0.05) is 11.5 Å². The van der Waals surface area contributed by atoms with Gasteiger partial charge in [0.05, 0.1) is 12.2 Å². The maximum atomic E-state index is 14.1. The summed E-state index contributed by atoms with van der Waals surface area (Å²) in [6.45, 7) is 1.73. The van der Waals surface area contributed by atoms with Gasteiger partial charge >= 0.3 is 5.97 Å². The van der Waals surface area contributed by atoms with Crippen molar-refractivity contribution in [3.63, 3.8) is 0 Å². The molecule has 3 aromatic rings. The summed E-state index contributed by atoms with van der Waals surface area (Å²) in [5.74, 6) is -4.51. The van der Waals surface area contributed by atoms with Gasteiger partial charge in [-0.15, -0.1) is 0 Å². The Kier molecular flexibility index (Phi) is 3.82. The van der Waals surface area contributed by atoms with E-state index in [-0.39, 0.29) is 23.5 Å². The lowest BCUT2D eigenvalue weighted by atomic mass is 10.0.